The highest BCUT2D eigenvalue weighted by Crippen LogP contribution is 2.77. The molecule has 5 rings (SSSR count). The molecule has 0 aromatic rings. The number of rotatable bonds is 2. The summed E-state index contributed by atoms with van der Waals surface area (Å²) in [5.41, 5.74) is 0.598. The van der Waals surface area contributed by atoms with Gasteiger partial charge in [0.05, 0.1) is 12.5 Å². The van der Waals surface area contributed by atoms with Crippen molar-refractivity contribution < 1.29 is 19.4 Å². The molecular weight excluding hydrogens is 436 g/mol. The van der Waals surface area contributed by atoms with Gasteiger partial charge in [-0.2, -0.15) is 0 Å². The van der Waals surface area contributed by atoms with E-state index >= 15 is 0 Å². The molecule has 0 amide bonds. The zero-order valence-corrected chi connectivity index (χ0v) is 23.2. The van der Waals surface area contributed by atoms with E-state index in [1.807, 2.05) is 0 Å². The zero-order valence-electron chi connectivity index (χ0n) is 23.2. The van der Waals surface area contributed by atoms with Crippen molar-refractivity contribution in [3.63, 3.8) is 0 Å². The van der Waals surface area contributed by atoms with Gasteiger partial charge in [0.15, 0.2) is 5.78 Å². The third-order valence-corrected chi connectivity index (χ3v) is 13.4. The van der Waals surface area contributed by atoms with E-state index in [-0.39, 0.29) is 33.4 Å². The van der Waals surface area contributed by atoms with Gasteiger partial charge in [-0.25, -0.2) is 0 Å². The molecule has 5 fully saturated rings. The first-order valence-electron chi connectivity index (χ1n) is 14.2. The monoisotopic (exact) mass is 484 g/mol. The van der Waals surface area contributed by atoms with Crippen LogP contribution in [-0.4, -0.2) is 30.1 Å². The molecule has 4 heteroatoms. The fraction of sp³-hybridized carbons (Fsp3) is 0.871. The number of hydrogen-bond donors (Lipinski definition) is 1. The predicted molar refractivity (Wildman–Crippen MR) is 137 cm³/mol. The van der Waals surface area contributed by atoms with Crippen molar-refractivity contribution in [2.45, 2.75) is 105 Å². The molecule has 3 unspecified atom stereocenters. The summed E-state index contributed by atoms with van der Waals surface area (Å²) in [6.07, 6.45) is 8.13. The second kappa shape index (κ2) is 7.68. The van der Waals surface area contributed by atoms with Crippen molar-refractivity contribution in [3.05, 3.63) is 12.2 Å². The number of methoxy groups -OCH3 is 1. The number of Topliss-reactive ketones (excluding diaryl/α,β-unsaturated/α-hetero) is 1. The molecule has 0 radical (unpaired) electrons. The molecule has 0 heterocycles. The van der Waals surface area contributed by atoms with Crippen molar-refractivity contribution in [1.29, 1.82) is 0 Å². The summed E-state index contributed by atoms with van der Waals surface area (Å²) in [6.45, 7) is 18.2. The number of allylic oxidation sites excluding steroid dienone is 1. The van der Waals surface area contributed by atoms with Gasteiger partial charge in [0.25, 0.3) is 0 Å². The van der Waals surface area contributed by atoms with Crippen molar-refractivity contribution in [3.8, 4) is 0 Å². The van der Waals surface area contributed by atoms with Crippen LogP contribution in [0.1, 0.15) is 99.3 Å². The molecule has 0 aliphatic heterocycles. The van der Waals surface area contributed by atoms with E-state index in [4.69, 9.17) is 4.74 Å². The third-order valence-electron chi connectivity index (χ3n) is 13.4. The molecule has 0 spiro atoms. The van der Waals surface area contributed by atoms with Crippen molar-refractivity contribution >= 4 is 11.8 Å². The molecule has 35 heavy (non-hydrogen) atoms. The topological polar surface area (TPSA) is 63.6 Å². The van der Waals surface area contributed by atoms with Crippen LogP contribution in [0.15, 0.2) is 12.2 Å². The zero-order chi connectivity index (χ0) is 25.8. The van der Waals surface area contributed by atoms with Crippen LogP contribution < -0.4 is 0 Å². The van der Waals surface area contributed by atoms with Crippen LogP contribution in [-0.2, 0) is 14.3 Å². The number of esters is 1. The van der Waals surface area contributed by atoms with Crippen molar-refractivity contribution in [1.82, 2.24) is 0 Å². The lowest BCUT2D eigenvalue weighted by Gasteiger charge is -2.72. The average molecular weight is 485 g/mol. The van der Waals surface area contributed by atoms with Crippen LogP contribution in [0, 0.1) is 56.7 Å². The minimum atomic E-state index is -0.847. The summed E-state index contributed by atoms with van der Waals surface area (Å²) in [7, 11) is 1.56. The largest absolute Gasteiger partial charge is 0.469 e. The molecule has 0 saturated heterocycles. The molecule has 0 aromatic carbocycles. The molecule has 0 aromatic heterocycles. The molecule has 5 aliphatic carbocycles. The van der Waals surface area contributed by atoms with Crippen LogP contribution in [0.3, 0.4) is 0 Å². The normalized spacial score (nSPS) is 52.5. The van der Waals surface area contributed by atoms with E-state index in [9.17, 15) is 14.7 Å². The Labute approximate surface area is 212 Å². The van der Waals surface area contributed by atoms with E-state index in [0.717, 1.165) is 51.4 Å². The quantitative estimate of drug-likeness (QED) is 0.366. The minimum Gasteiger partial charge on any atom is -0.469 e. The second-order valence-electron chi connectivity index (χ2n) is 14.6. The van der Waals surface area contributed by atoms with Gasteiger partial charge in [-0.05, 0) is 111 Å². The number of carbonyl (C=O) groups is 2. The highest BCUT2D eigenvalue weighted by atomic mass is 16.5. The predicted octanol–water partition coefficient (Wildman–Crippen LogP) is 6.36. The molecular formula is C31H48O4. The maximum absolute atomic E-state index is 13.3. The standard InChI is InChI=1S/C31H48O4/c1-18(2)19-11-14-31(26(34)35-8)16-15-29(6)20(24(19)31)9-10-23-28(5)17-21(32)25(33)27(3,4)22(28)12-13-30(23,29)7/h19-24,32H,1,9-17H2,2-8H3/t19-,20?,21+,22-,23?,24?,28-,29+,30+,31-/m0/s1. The highest BCUT2D eigenvalue weighted by molar-refractivity contribution is 5.89. The van der Waals surface area contributed by atoms with Crippen LogP contribution in [0.5, 0.6) is 0 Å². The number of carbonyl (C=O) groups excluding carboxylic acids is 2. The van der Waals surface area contributed by atoms with Gasteiger partial charge in [0, 0.05) is 5.41 Å². The first kappa shape index (κ1) is 25.5. The van der Waals surface area contributed by atoms with E-state index in [1.165, 1.54) is 5.57 Å². The first-order valence-corrected chi connectivity index (χ1v) is 14.2. The van der Waals surface area contributed by atoms with Crippen LogP contribution in [0.25, 0.3) is 0 Å². The van der Waals surface area contributed by atoms with Crippen molar-refractivity contribution in [2.75, 3.05) is 7.11 Å². The second-order valence-corrected chi connectivity index (χ2v) is 14.6. The first-order chi connectivity index (χ1) is 16.2. The Balaban J connectivity index is 1.58. The van der Waals surface area contributed by atoms with E-state index < -0.39 is 11.5 Å². The maximum Gasteiger partial charge on any atom is 0.312 e. The molecule has 4 nitrogen and oxygen atoms in total. The summed E-state index contributed by atoms with van der Waals surface area (Å²) < 4.78 is 5.47. The van der Waals surface area contributed by atoms with Gasteiger partial charge in [0.2, 0.25) is 0 Å². The lowest BCUT2D eigenvalue weighted by molar-refractivity contribution is -0.241. The van der Waals surface area contributed by atoms with Gasteiger partial charge in [-0.1, -0.05) is 46.8 Å². The maximum atomic E-state index is 13.3. The fourth-order valence-electron chi connectivity index (χ4n) is 11.6. The summed E-state index contributed by atoms with van der Waals surface area (Å²) in [4.78, 5) is 26.4. The van der Waals surface area contributed by atoms with E-state index in [2.05, 4.69) is 48.1 Å². The van der Waals surface area contributed by atoms with Crippen LogP contribution >= 0.6 is 0 Å². The lowest BCUT2D eigenvalue weighted by atomic mass is 9.32. The van der Waals surface area contributed by atoms with Gasteiger partial charge < -0.3 is 9.84 Å². The van der Waals surface area contributed by atoms with E-state index in [0.29, 0.717) is 36.0 Å². The van der Waals surface area contributed by atoms with E-state index in [1.54, 1.807) is 7.11 Å². The molecule has 5 saturated carbocycles. The summed E-state index contributed by atoms with van der Waals surface area (Å²) in [5, 5.41) is 10.9. The Morgan fingerprint density at radius 3 is 2.26 bits per heavy atom. The molecule has 10 atom stereocenters. The number of aliphatic hydroxyl groups excluding tert-OH is 1. The molecule has 5 aliphatic rings. The number of fused-ring (bicyclic) bond motifs is 7. The number of hydrogen-bond acceptors (Lipinski definition) is 4. The summed E-state index contributed by atoms with van der Waals surface area (Å²) in [6, 6.07) is 0. The highest BCUT2D eigenvalue weighted by Gasteiger charge is 2.72. The smallest absolute Gasteiger partial charge is 0.312 e. The van der Waals surface area contributed by atoms with Gasteiger partial charge in [-0.15, -0.1) is 0 Å². The lowest BCUT2D eigenvalue weighted by Crippen LogP contribution is -2.68. The Kier molecular flexibility index (Phi) is 5.59. The number of aliphatic hydroxyl groups is 1. The summed E-state index contributed by atoms with van der Waals surface area (Å²) in [5.74, 6) is 2.02. The molecule has 196 valence electrons. The number of ether oxygens (including phenoxy) is 1. The minimum absolute atomic E-state index is 0.00640. The Hall–Kier alpha value is -1.16. The average Bonchev–Trinajstić information content (AvgIpc) is 3.18. The van der Waals surface area contributed by atoms with Crippen LogP contribution in [0.4, 0.5) is 0 Å². The third kappa shape index (κ3) is 2.95. The van der Waals surface area contributed by atoms with Gasteiger partial charge in [0.1, 0.15) is 6.10 Å². The molecule has 1 N–H and O–H groups in total. The van der Waals surface area contributed by atoms with Crippen LogP contribution in [0.2, 0.25) is 0 Å². The summed E-state index contributed by atoms with van der Waals surface area (Å²) >= 11 is 0. The number of ketones is 1. The van der Waals surface area contributed by atoms with Crippen molar-refractivity contribution in [2.24, 2.45) is 56.7 Å². The SMILES string of the molecule is C=C(C)[C@@H]1CC[C@]2(C(=O)OC)CC[C@]3(C)C(CCC4[C@@]5(C)C[C@@H](O)C(=O)C(C)(C)[C@@H]5CC[C@]43C)C12. The van der Waals surface area contributed by atoms with Gasteiger partial charge in [-0.3, -0.25) is 9.59 Å². The Morgan fingerprint density at radius 2 is 1.63 bits per heavy atom. The Morgan fingerprint density at radius 1 is 0.943 bits per heavy atom. The van der Waals surface area contributed by atoms with Gasteiger partial charge >= 0.3 is 5.97 Å². The molecule has 0 bridgehead atoms. The fourth-order valence-corrected chi connectivity index (χ4v) is 11.6. The Bertz CT molecular complexity index is 952.